The van der Waals surface area contributed by atoms with Gasteiger partial charge < -0.3 is 34.6 Å². The van der Waals surface area contributed by atoms with E-state index in [1.165, 1.54) is 7.11 Å². The lowest BCUT2D eigenvalue weighted by Gasteiger charge is -2.60. The summed E-state index contributed by atoms with van der Waals surface area (Å²) in [6.45, 7) is 8.03. The molecule has 8 heteroatoms. The van der Waals surface area contributed by atoms with Gasteiger partial charge in [0, 0.05) is 17.9 Å². The van der Waals surface area contributed by atoms with Crippen molar-refractivity contribution in [3.05, 3.63) is 11.6 Å². The molecular weight excluding hydrogens is 452 g/mol. The Kier molecular flexibility index (Phi) is 6.22. The molecule has 35 heavy (non-hydrogen) atoms. The number of hydrogen-bond acceptors (Lipinski definition) is 7. The molecule has 0 radical (unpaired) electrons. The van der Waals surface area contributed by atoms with Gasteiger partial charge in [0.1, 0.15) is 23.7 Å². The molecule has 198 valence electrons. The van der Waals surface area contributed by atoms with Gasteiger partial charge in [-0.05, 0) is 55.8 Å². The summed E-state index contributed by atoms with van der Waals surface area (Å²) in [5.74, 6) is 0.0692. The molecular formula is C27H42O8. The van der Waals surface area contributed by atoms with Crippen LogP contribution in [0.4, 0.5) is 0 Å². The maximum absolute atomic E-state index is 13.5. The van der Waals surface area contributed by atoms with E-state index in [0.717, 1.165) is 18.4 Å². The number of aliphatic hydroxyl groups is 3. The summed E-state index contributed by atoms with van der Waals surface area (Å²) in [5.41, 5.74) is -1.78. The predicted octanol–water partition coefficient (Wildman–Crippen LogP) is 2.20. The fourth-order valence-corrected chi connectivity index (χ4v) is 9.55. The van der Waals surface area contributed by atoms with Crippen molar-refractivity contribution >= 4 is 5.97 Å². The molecule has 4 bridgehead atoms. The summed E-state index contributed by atoms with van der Waals surface area (Å²) < 4.78 is 17.5. The fourth-order valence-electron chi connectivity index (χ4n) is 9.55. The van der Waals surface area contributed by atoms with Gasteiger partial charge in [-0.1, -0.05) is 38.8 Å². The van der Waals surface area contributed by atoms with Crippen LogP contribution < -0.4 is 0 Å². The van der Waals surface area contributed by atoms with Crippen molar-refractivity contribution in [2.75, 3.05) is 20.3 Å². The number of aliphatic hydroxyl groups excluding tert-OH is 3. The molecule has 1 heterocycles. The molecule has 5 aliphatic rings. The first-order chi connectivity index (χ1) is 16.5. The van der Waals surface area contributed by atoms with E-state index in [4.69, 9.17) is 14.2 Å². The molecule has 4 aliphatic carbocycles. The number of carboxylic acid groups (broad SMARTS) is 1. The second-order valence-electron chi connectivity index (χ2n) is 12.3. The van der Waals surface area contributed by atoms with Gasteiger partial charge in [-0.15, -0.1) is 0 Å². The molecule has 12 atom stereocenters. The molecule has 1 saturated heterocycles. The van der Waals surface area contributed by atoms with E-state index in [9.17, 15) is 25.2 Å². The van der Waals surface area contributed by atoms with E-state index < -0.39 is 52.9 Å². The van der Waals surface area contributed by atoms with Crippen LogP contribution in [0, 0.1) is 45.8 Å². The summed E-state index contributed by atoms with van der Waals surface area (Å²) in [7, 11) is 1.46. The van der Waals surface area contributed by atoms with E-state index in [2.05, 4.69) is 13.0 Å². The first-order valence-corrected chi connectivity index (χ1v) is 13.2. The number of methoxy groups -OCH3 is 1. The molecule has 0 aromatic carbocycles. The zero-order chi connectivity index (χ0) is 25.5. The highest BCUT2D eigenvalue weighted by Gasteiger charge is 2.84. The highest BCUT2D eigenvalue weighted by Crippen LogP contribution is 2.83. The minimum atomic E-state index is -1.31. The minimum absolute atomic E-state index is 0.0258. The maximum Gasteiger partial charge on any atom is 0.315 e. The molecule has 0 aromatic rings. The monoisotopic (exact) mass is 494 g/mol. The second kappa shape index (κ2) is 8.50. The van der Waals surface area contributed by atoms with E-state index in [1.54, 1.807) is 6.92 Å². The van der Waals surface area contributed by atoms with Crippen molar-refractivity contribution in [2.24, 2.45) is 45.8 Å². The number of aliphatic carboxylic acids is 1. The molecule has 0 amide bonds. The van der Waals surface area contributed by atoms with Gasteiger partial charge in [0.15, 0.2) is 6.29 Å². The summed E-state index contributed by atoms with van der Waals surface area (Å²) in [4.78, 5) is 13.5. The Labute approximate surface area is 207 Å². The molecule has 0 unspecified atom stereocenters. The first kappa shape index (κ1) is 25.6. The van der Waals surface area contributed by atoms with Crippen LogP contribution in [0.25, 0.3) is 0 Å². The van der Waals surface area contributed by atoms with Gasteiger partial charge in [0.2, 0.25) is 0 Å². The van der Waals surface area contributed by atoms with Crippen LogP contribution in [0.1, 0.15) is 53.4 Å². The lowest BCUT2D eigenvalue weighted by atomic mass is 9.42. The van der Waals surface area contributed by atoms with Crippen molar-refractivity contribution in [2.45, 2.75) is 84.1 Å². The van der Waals surface area contributed by atoms with Crippen LogP contribution in [0.3, 0.4) is 0 Å². The maximum atomic E-state index is 13.5. The topological polar surface area (TPSA) is 126 Å². The van der Waals surface area contributed by atoms with E-state index in [-0.39, 0.29) is 31.0 Å². The quantitative estimate of drug-likeness (QED) is 0.397. The Balaban J connectivity index is 1.56. The van der Waals surface area contributed by atoms with Crippen molar-refractivity contribution < 1.29 is 39.4 Å². The third-order valence-corrected chi connectivity index (χ3v) is 10.9. The number of rotatable bonds is 7. The zero-order valence-corrected chi connectivity index (χ0v) is 21.5. The number of allylic oxidation sites excluding steroid dienone is 1. The van der Waals surface area contributed by atoms with E-state index >= 15 is 0 Å². The highest BCUT2D eigenvalue weighted by molar-refractivity contribution is 5.85. The second-order valence-corrected chi connectivity index (χ2v) is 12.3. The van der Waals surface area contributed by atoms with Crippen molar-refractivity contribution in [3.8, 4) is 0 Å². The minimum Gasteiger partial charge on any atom is -0.481 e. The average molecular weight is 495 g/mol. The molecule has 0 spiro atoms. The number of ether oxygens (including phenoxy) is 3. The average Bonchev–Trinajstić information content (AvgIpc) is 3.38. The number of fused-ring (bicyclic) bond motifs is 2. The summed E-state index contributed by atoms with van der Waals surface area (Å²) >= 11 is 0. The van der Waals surface area contributed by atoms with Crippen LogP contribution in [0.5, 0.6) is 0 Å². The van der Waals surface area contributed by atoms with Gasteiger partial charge in [-0.2, -0.15) is 0 Å². The van der Waals surface area contributed by atoms with Crippen LogP contribution in [-0.2, 0) is 19.0 Å². The number of carbonyl (C=O) groups is 1. The Bertz CT molecular complexity index is 888. The SMILES string of the molecule is CO[C@H]1[C@@H](O)[C@H](O)[C@H](OC[C@@]23C[C@@H]4[C@H](C)CC[C@H]4[C@@]4(CO)C[C@H]2C=C(C(C)C)[C@@]34C(=O)O)O[C@@H]1C. The van der Waals surface area contributed by atoms with E-state index in [1.807, 2.05) is 13.8 Å². The first-order valence-electron chi connectivity index (χ1n) is 13.2. The molecule has 1 aliphatic heterocycles. The number of hydrogen-bond donors (Lipinski definition) is 4. The zero-order valence-electron chi connectivity index (χ0n) is 21.5. The molecule has 8 nitrogen and oxygen atoms in total. The molecule has 4 N–H and O–H groups in total. The lowest BCUT2D eigenvalue weighted by molar-refractivity contribution is -0.307. The Morgan fingerprint density at radius 2 is 1.89 bits per heavy atom. The van der Waals surface area contributed by atoms with Crippen LogP contribution >= 0.6 is 0 Å². The molecule has 3 saturated carbocycles. The van der Waals surface area contributed by atoms with Crippen molar-refractivity contribution in [1.29, 1.82) is 0 Å². The van der Waals surface area contributed by atoms with Crippen LogP contribution in [0.15, 0.2) is 11.6 Å². The van der Waals surface area contributed by atoms with Gasteiger partial charge in [-0.25, -0.2) is 0 Å². The summed E-state index contributed by atoms with van der Waals surface area (Å²) in [6, 6.07) is 0. The van der Waals surface area contributed by atoms with Gasteiger partial charge >= 0.3 is 5.97 Å². The largest absolute Gasteiger partial charge is 0.481 e. The van der Waals surface area contributed by atoms with Crippen molar-refractivity contribution in [1.82, 2.24) is 0 Å². The smallest absolute Gasteiger partial charge is 0.315 e. The number of carboxylic acids is 1. The van der Waals surface area contributed by atoms with Crippen LogP contribution in [0.2, 0.25) is 0 Å². The third-order valence-electron chi connectivity index (χ3n) is 10.9. The lowest BCUT2D eigenvalue weighted by Crippen LogP contribution is -2.65. The standard InChI is InChI=1S/C27H42O8/c1-13(2)19-8-16-9-25(11-28)18-7-6-14(3)17(18)10-26(16,27(19,25)24(31)32)12-34-23-21(30)20(29)22(33-5)15(4)35-23/h8,13-18,20-23,28-30H,6-7,9-12H2,1-5H3,(H,31,32)/t14-,15-,16-,17-,18-,20+,21+,22-,23-,25+,26+,27+/m1/s1. The third kappa shape index (κ3) is 2.98. The normalized spacial score (nSPS) is 52.6. The van der Waals surface area contributed by atoms with Crippen molar-refractivity contribution in [3.63, 3.8) is 0 Å². The highest BCUT2D eigenvalue weighted by atomic mass is 16.7. The van der Waals surface area contributed by atoms with Crippen LogP contribution in [-0.4, -0.2) is 77.4 Å². The van der Waals surface area contributed by atoms with Gasteiger partial charge in [0.25, 0.3) is 0 Å². The summed E-state index contributed by atoms with van der Waals surface area (Å²) in [5, 5.41) is 43.4. The molecule has 0 aromatic heterocycles. The summed E-state index contributed by atoms with van der Waals surface area (Å²) in [6.07, 6.45) is 0.761. The predicted molar refractivity (Wildman–Crippen MR) is 126 cm³/mol. The van der Waals surface area contributed by atoms with Gasteiger partial charge in [-0.3, -0.25) is 4.79 Å². The van der Waals surface area contributed by atoms with Gasteiger partial charge in [0.05, 0.1) is 19.3 Å². The van der Waals surface area contributed by atoms with E-state index in [0.29, 0.717) is 24.7 Å². The molecule has 4 fully saturated rings. The molecule has 5 rings (SSSR count). The Morgan fingerprint density at radius 1 is 1.17 bits per heavy atom. The fraction of sp³-hybridized carbons (Fsp3) is 0.889. The Morgan fingerprint density at radius 3 is 2.49 bits per heavy atom. The Hall–Kier alpha value is -1.03.